The second-order valence-electron chi connectivity index (χ2n) is 8.31. The quantitative estimate of drug-likeness (QED) is 0.393. The Morgan fingerprint density at radius 2 is 2.07 bits per heavy atom. The highest BCUT2D eigenvalue weighted by atomic mass is 16.5. The molecule has 6 nitrogen and oxygen atoms in total. The Labute approximate surface area is 175 Å². The summed E-state index contributed by atoms with van der Waals surface area (Å²) in [6.07, 6.45) is 1.49. The molecule has 1 aliphatic rings. The summed E-state index contributed by atoms with van der Waals surface area (Å²) in [7, 11) is 0. The second kappa shape index (κ2) is 8.03. The molecule has 2 aromatic heterocycles. The van der Waals surface area contributed by atoms with E-state index < -0.39 is 6.04 Å². The van der Waals surface area contributed by atoms with Crippen LogP contribution in [-0.4, -0.2) is 28.2 Å². The number of hydrogen-bond acceptors (Lipinski definition) is 5. The van der Waals surface area contributed by atoms with Crippen molar-refractivity contribution >= 4 is 16.9 Å². The van der Waals surface area contributed by atoms with E-state index in [1.807, 2.05) is 45.0 Å². The minimum Gasteiger partial charge on any atom is -0.465 e. The highest BCUT2D eigenvalue weighted by Crippen LogP contribution is 2.32. The van der Waals surface area contributed by atoms with E-state index >= 15 is 0 Å². The van der Waals surface area contributed by atoms with E-state index in [-0.39, 0.29) is 17.4 Å². The largest absolute Gasteiger partial charge is 0.465 e. The first-order valence-electron chi connectivity index (χ1n) is 10.4. The summed E-state index contributed by atoms with van der Waals surface area (Å²) in [5.74, 6) is -0.287. The Kier molecular flexibility index (Phi) is 5.43. The molecule has 1 atom stereocenters. The van der Waals surface area contributed by atoms with Gasteiger partial charge in [-0.25, -0.2) is 4.98 Å². The number of benzene rings is 1. The zero-order valence-corrected chi connectivity index (χ0v) is 17.6. The molecule has 30 heavy (non-hydrogen) atoms. The zero-order chi connectivity index (χ0) is 21.4. The summed E-state index contributed by atoms with van der Waals surface area (Å²) in [5.41, 5.74) is 11.5. The molecular formula is C24H27N3O3. The fourth-order valence-electron chi connectivity index (χ4n) is 3.88. The van der Waals surface area contributed by atoms with Gasteiger partial charge in [0, 0.05) is 16.5 Å². The zero-order valence-electron chi connectivity index (χ0n) is 17.6. The van der Waals surface area contributed by atoms with Gasteiger partial charge in [0.05, 0.1) is 30.1 Å². The number of aromatic nitrogens is 2. The minimum atomic E-state index is -0.581. The van der Waals surface area contributed by atoms with Crippen LogP contribution in [0.2, 0.25) is 0 Å². The van der Waals surface area contributed by atoms with E-state index in [1.165, 1.54) is 0 Å². The van der Waals surface area contributed by atoms with Gasteiger partial charge in [-0.3, -0.25) is 9.59 Å². The van der Waals surface area contributed by atoms with Crippen molar-refractivity contribution in [2.75, 3.05) is 6.61 Å². The first kappa shape index (κ1) is 20.3. The molecule has 0 amide bonds. The first-order chi connectivity index (χ1) is 14.4. The van der Waals surface area contributed by atoms with Crippen LogP contribution in [0.1, 0.15) is 37.0 Å². The molecule has 3 heterocycles. The van der Waals surface area contributed by atoms with Gasteiger partial charge < -0.3 is 15.0 Å². The van der Waals surface area contributed by atoms with Crippen molar-refractivity contribution in [1.82, 2.24) is 9.55 Å². The van der Waals surface area contributed by atoms with Gasteiger partial charge in [-0.15, -0.1) is 0 Å². The van der Waals surface area contributed by atoms with Crippen LogP contribution in [-0.2, 0) is 22.5 Å². The topological polar surface area (TPSA) is 87.2 Å². The predicted octanol–water partition coefficient (Wildman–Crippen LogP) is 3.19. The molecule has 1 aromatic carbocycles. The SMILES string of the molecule is Cc1ccc2n(c1=O)Cc1cc3c(CCCOC(=O)C(N)C(C)C)cccc3nc1-2. The Hall–Kier alpha value is -2.99. The number of nitrogens with two attached hydrogens (primary N) is 1. The van der Waals surface area contributed by atoms with Gasteiger partial charge in [0.25, 0.3) is 5.56 Å². The number of hydrogen-bond donors (Lipinski definition) is 1. The van der Waals surface area contributed by atoms with Crippen LogP contribution in [0.5, 0.6) is 0 Å². The van der Waals surface area contributed by atoms with Crippen molar-refractivity contribution in [1.29, 1.82) is 0 Å². The van der Waals surface area contributed by atoms with E-state index in [0.29, 0.717) is 19.6 Å². The molecule has 0 radical (unpaired) electrons. The van der Waals surface area contributed by atoms with Crippen LogP contribution < -0.4 is 11.3 Å². The summed E-state index contributed by atoms with van der Waals surface area (Å²) >= 11 is 0. The molecule has 0 aliphatic carbocycles. The summed E-state index contributed by atoms with van der Waals surface area (Å²) in [4.78, 5) is 29.3. The molecule has 3 aromatic rings. The number of rotatable bonds is 6. The van der Waals surface area contributed by atoms with Crippen molar-refractivity contribution in [3.05, 3.63) is 63.4 Å². The molecule has 1 aliphatic heterocycles. The van der Waals surface area contributed by atoms with Crippen LogP contribution in [0.4, 0.5) is 0 Å². The van der Waals surface area contributed by atoms with Crippen LogP contribution in [0.15, 0.2) is 41.2 Å². The number of pyridine rings is 2. The van der Waals surface area contributed by atoms with Gasteiger partial charge in [0.15, 0.2) is 0 Å². The third-order valence-electron chi connectivity index (χ3n) is 5.79. The maximum atomic E-state index is 12.5. The van der Waals surface area contributed by atoms with Crippen molar-refractivity contribution < 1.29 is 9.53 Å². The number of carbonyl (C=O) groups is 1. The maximum absolute atomic E-state index is 12.5. The average molecular weight is 405 g/mol. The van der Waals surface area contributed by atoms with E-state index in [1.54, 1.807) is 4.57 Å². The molecule has 0 fully saturated rings. The lowest BCUT2D eigenvalue weighted by Gasteiger charge is -2.14. The van der Waals surface area contributed by atoms with Gasteiger partial charge in [0.2, 0.25) is 0 Å². The molecule has 4 rings (SSSR count). The third kappa shape index (κ3) is 3.63. The highest BCUT2D eigenvalue weighted by molar-refractivity contribution is 5.86. The van der Waals surface area contributed by atoms with Gasteiger partial charge in [-0.2, -0.15) is 0 Å². The summed E-state index contributed by atoms with van der Waals surface area (Å²) in [6.45, 7) is 6.53. The normalized spacial score (nSPS) is 13.4. The fraction of sp³-hybridized carbons (Fsp3) is 0.375. The van der Waals surface area contributed by atoms with E-state index in [9.17, 15) is 9.59 Å². The average Bonchev–Trinajstić information content (AvgIpc) is 3.09. The van der Waals surface area contributed by atoms with Gasteiger partial charge in [-0.1, -0.05) is 32.0 Å². The van der Waals surface area contributed by atoms with Crippen molar-refractivity contribution in [3.63, 3.8) is 0 Å². The molecule has 0 bridgehead atoms. The molecule has 0 saturated carbocycles. The summed E-state index contributed by atoms with van der Waals surface area (Å²) in [5, 5.41) is 1.08. The molecule has 1 unspecified atom stereocenters. The Morgan fingerprint density at radius 1 is 1.27 bits per heavy atom. The standard InChI is InChI=1S/C24H27N3O3/c1-14(2)21(25)24(29)30-11-5-7-16-6-4-8-19-18(16)12-17-13-27-20(22(17)26-19)10-9-15(3)23(27)28/h4,6,8-10,12,14,21H,5,7,11,13,25H2,1-3H3. The van der Waals surface area contributed by atoms with E-state index in [2.05, 4.69) is 12.1 Å². The molecule has 156 valence electrons. The lowest BCUT2D eigenvalue weighted by atomic mass is 10.0. The van der Waals surface area contributed by atoms with Crippen molar-refractivity contribution in [2.45, 2.75) is 46.2 Å². The number of nitrogens with zero attached hydrogens (tertiary/aromatic N) is 2. The number of aryl methyl sites for hydroxylation is 2. The highest BCUT2D eigenvalue weighted by Gasteiger charge is 2.22. The van der Waals surface area contributed by atoms with Gasteiger partial charge >= 0.3 is 5.97 Å². The Bertz CT molecular complexity index is 1180. The summed E-state index contributed by atoms with van der Waals surface area (Å²) < 4.78 is 7.12. The van der Waals surface area contributed by atoms with Crippen LogP contribution >= 0.6 is 0 Å². The van der Waals surface area contributed by atoms with E-state index in [0.717, 1.165) is 45.4 Å². The molecule has 6 heteroatoms. The first-order valence-corrected chi connectivity index (χ1v) is 10.4. The lowest BCUT2D eigenvalue weighted by Crippen LogP contribution is -2.37. The lowest BCUT2D eigenvalue weighted by molar-refractivity contribution is -0.146. The number of esters is 1. The molecule has 0 spiro atoms. The third-order valence-corrected chi connectivity index (χ3v) is 5.79. The number of ether oxygens (including phenoxy) is 1. The predicted molar refractivity (Wildman–Crippen MR) is 117 cm³/mol. The van der Waals surface area contributed by atoms with Gasteiger partial charge in [-0.05, 0) is 49.4 Å². The monoisotopic (exact) mass is 405 g/mol. The number of carbonyl (C=O) groups excluding carboxylic acids is 1. The Morgan fingerprint density at radius 3 is 2.83 bits per heavy atom. The smallest absolute Gasteiger partial charge is 0.323 e. The van der Waals surface area contributed by atoms with Crippen LogP contribution in [0.25, 0.3) is 22.3 Å². The minimum absolute atomic E-state index is 0.0381. The van der Waals surface area contributed by atoms with Crippen LogP contribution in [0.3, 0.4) is 0 Å². The van der Waals surface area contributed by atoms with Gasteiger partial charge in [0.1, 0.15) is 6.04 Å². The molecular weight excluding hydrogens is 378 g/mol. The molecule has 2 N–H and O–H groups in total. The van der Waals surface area contributed by atoms with Crippen LogP contribution in [0, 0.1) is 12.8 Å². The Balaban J connectivity index is 1.53. The van der Waals surface area contributed by atoms with E-state index in [4.69, 9.17) is 15.5 Å². The maximum Gasteiger partial charge on any atom is 0.323 e. The number of fused-ring (bicyclic) bond motifs is 4. The van der Waals surface area contributed by atoms with Crippen molar-refractivity contribution in [2.24, 2.45) is 11.7 Å². The summed E-state index contributed by atoms with van der Waals surface area (Å²) in [6, 6.07) is 11.5. The fourth-order valence-corrected chi connectivity index (χ4v) is 3.88. The molecule has 0 saturated heterocycles. The van der Waals surface area contributed by atoms with Crippen molar-refractivity contribution in [3.8, 4) is 11.4 Å². The second-order valence-corrected chi connectivity index (χ2v) is 8.31.